The third-order valence-electron chi connectivity index (χ3n) is 3.39. The molecule has 21 heavy (non-hydrogen) atoms. The Balaban J connectivity index is 2.13. The van der Waals surface area contributed by atoms with Gasteiger partial charge in [0.2, 0.25) is 0 Å². The van der Waals surface area contributed by atoms with Crippen molar-refractivity contribution in [1.29, 1.82) is 0 Å². The lowest BCUT2D eigenvalue weighted by atomic mass is 10.1. The lowest BCUT2D eigenvalue weighted by Gasteiger charge is -2.08. The van der Waals surface area contributed by atoms with Gasteiger partial charge in [0.25, 0.3) is 0 Å². The minimum absolute atomic E-state index is 0.269. The van der Waals surface area contributed by atoms with Crippen molar-refractivity contribution in [1.82, 2.24) is 14.5 Å². The first-order valence-electron chi connectivity index (χ1n) is 6.86. The number of imidazole rings is 1. The molecule has 1 N–H and O–H groups in total. The van der Waals surface area contributed by atoms with Gasteiger partial charge in [0.1, 0.15) is 11.6 Å². The van der Waals surface area contributed by atoms with Crippen LogP contribution in [0.5, 0.6) is 0 Å². The quantitative estimate of drug-likeness (QED) is 0.798. The van der Waals surface area contributed by atoms with Crippen LogP contribution >= 0.6 is 0 Å². The van der Waals surface area contributed by atoms with E-state index in [9.17, 15) is 9.90 Å². The molecule has 0 atom stereocenters. The molecule has 106 valence electrons. The fourth-order valence-corrected chi connectivity index (χ4v) is 2.42. The van der Waals surface area contributed by atoms with Gasteiger partial charge in [-0.3, -0.25) is 4.57 Å². The van der Waals surface area contributed by atoms with Gasteiger partial charge in [0.05, 0.1) is 11.1 Å². The zero-order valence-electron chi connectivity index (χ0n) is 11.7. The van der Waals surface area contributed by atoms with Gasteiger partial charge < -0.3 is 5.11 Å². The summed E-state index contributed by atoms with van der Waals surface area (Å²) < 4.78 is 1.94. The number of carbonyl (C=O) groups is 1. The van der Waals surface area contributed by atoms with Gasteiger partial charge >= 0.3 is 5.97 Å². The molecular formula is C16H15N3O2. The Labute approximate surface area is 121 Å². The molecule has 0 aliphatic rings. The first kappa shape index (κ1) is 13.3. The van der Waals surface area contributed by atoms with Crippen molar-refractivity contribution in [2.24, 2.45) is 0 Å². The summed E-state index contributed by atoms with van der Waals surface area (Å²) in [5, 5.41) is 9.85. The molecule has 0 amide bonds. The number of pyridine rings is 1. The molecule has 0 saturated carbocycles. The van der Waals surface area contributed by atoms with E-state index in [1.807, 2.05) is 22.9 Å². The van der Waals surface area contributed by atoms with E-state index in [4.69, 9.17) is 0 Å². The van der Waals surface area contributed by atoms with Crippen molar-refractivity contribution in [3.63, 3.8) is 0 Å². The second kappa shape index (κ2) is 5.36. The van der Waals surface area contributed by atoms with Crippen LogP contribution in [-0.4, -0.2) is 25.6 Å². The zero-order valence-corrected chi connectivity index (χ0v) is 11.7. The molecule has 1 aromatic carbocycles. The van der Waals surface area contributed by atoms with Crippen molar-refractivity contribution in [3.05, 3.63) is 54.1 Å². The normalized spacial score (nSPS) is 10.9. The summed E-state index contributed by atoms with van der Waals surface area (Å²) in [6.45, 7) is 2.10. The molecule has 5 heteroatoms. The van der Waals surface area contributed by atoms with Crippen LogP contribution in [0.15, 0.2) is 42.7 Å². The van der Waals surface area contributed by atoms with E-state index in [1.165, 1.54) is 0 Å². The Morgan fingerprint density at radius 3 is 2.90 bits per heavy atom. The van der Waals surface area contributed by atoms with Crippen LogP contribution in [0.1, 0.15) is 29.5 Å². The summed E-state index contributed by atoms with van der Waals surface area (Å²) in [6.07, 6.45) is 5.51. The van der Waals surface area contributed by atoms with Crippen LogP contribution in [0.3, 0.4) is 0 Å². The van der Waals surface area contributed by atoms with Crippen LogP contribution in [0.2, 0.25) is 0 Å². The summed E-state index contributed by atoms with van der Waals surface area (Å²) in [5.41, 5.74) is 0.939. The first-order valence-corrected chi connectivity index (χ1v) is 6.86. The van der Waals surface area contributed by atoms with E-state index in [1.54, 1.807) is 24.4 Å². The zero-order chi connectivity index (χ0) is 14.8. The Bertz CT molecular complexity index is 808. The number of rotatable bonds is 4. The number of hydrogen-bond acceptors (Lipinski definition) is 3. The molecule has 3 rings (SSSR count). The number of hydrogen-bond donors (Lipinski definition) is 1. The van der Waals surface area contributed by atoms with Crippen LogP contribution in [0.25, 0.3) is 16.7 Å². The molecule has 0 unspecified atom stereocenters. The molecule has 0 aliphatic heterocycles. The maximum atomic E-state index is 11.2. The highest BCUT2D eigenvalue weighted by Gasteiger charge is 2.11. The number of nitrogens with zero attached hydrogens (tertiary/aromatic N) is 3. The van der Waals surface area contributed by atoms with E-state index in [0.717, 1.165) is 24.5 Å². The highest BCUT2D eigenvalue weighted by molar-refractivity contribution is 6.02. The third kappa shape index (κ3) is 2.38. The Hall–Kier alpha value is -2.69. The van der Waals surface area contributed by atoms with Crippen molar-refractivity contribution < 1.29 is 9.90 Å². The van der Waals surface area contributed by atoms with E-state index >= 15 is 0 Å². The second-order valence-electron chi connectivity index (χ2n) is 4.81. The number of carboxylic acids is 1. The van der Waals surface area contributed by atoms with Crippen molar-refractivity contribution >= 4 is 16.9 Å². The standard InChI is InChI=1S/C16H15N3O2/c1-2-4-14-17-9-10-19(14)15-8-7-11-12(16(20)21)5-3-6-13(11)18-15/h3,5-10H,2,4H2,1H3,(H,20,21). The van der Waals surface area contributed by atoms with E-state index in [-0.39, 0.29) is 5.56 Å². The maximum absolute atomic E-state index is 11.2. The van der Waals surface area contributed by atoms with Gasteiger partial charge in [0.15, 0.2) is 0 Å². The lowest BCUT2D eigenvalue weighted by Crippen LogP contribution is -2.04. The predicted molar refractivity (Wildman–Crippen MR) is 79.8 cm³/mol. The van der Waals surface area contributed by atoms with E-state index in [2.05, 4.69) is 16.9 Å². The van der Waals surface area contributed by atoms with E-state index in [0.29, 0.717) is 10.9 Å². The number of carboxylic acid groups (broad SMARTS) is 1. The lowest BCUT2D eigenvalue weighted by molar-refractivity contribution is 0.0699. The molecule has 2 aromatic heterocycles. The fourth-order valence-electron chi connectivity index (χ4n) is 2.42. The van der Waals surface area contributed by atoms with E-state index < -0.39 is 5.97 Å². The molecule has 0 bridgehead atoms. The third-order valence-corrected chi connectivity index (χ3v) is 3.39. The molecule has 0 fully saturated rings. The van der Waals surface area contributed by atoms with Crippen LogP contribution in [0, 0.1) is 0 Å². The monoisotopic (exact) mass is 281 g/mol. The van der Waals surface area contributed by atoms with Gasteiger partial charge in [-0.2, -0.15) is 0 Å². The minimum atomic E-state index is -0.940. The minimum Gasteiger partial charge on any atom is -0.478 e. The summed E-state index contributed by atoms with van der Waals surface area (Å²) in [5.74, 6) is 0.772. The van der Waals surface area contributed by atoms with Gasteiger partial charge in [-0.1, -0.05) is 13.0 Å². The largest absolute Gasteiger partial charge is 0.478 e. The van der Waals surface area contributed by atoms with Crippen LogP contribution < -0.4 is 0 Å². The highest BCUT2D eigenvalue weighted by atomic mass is 16.4. The number of aromatic carboxylic acids is 1. The number of fused-ring (bicyclic) bond motifs is 1. The summed E-state index contributed by atoms with van der Waals surface area (Å²) in [6, 6.07) is 8.75. The number of aryl methyl sites for hydroxylation is 1. The first-order chi connectivity index (χ1) is 10.2. The molecule has 0 spiro atoms. The average molecular weight is 281 g/mol. The van der Waals surface area contributed by atoms with Crippen molar-refractivity contribution in [2.75, 3.05) is 0 Å². The molecule has 0 aliphatic carbocycles. The smallest absolute Gasteiger partial charge is 0.336 e. The average Bonchev–Trinajstić information content (AvgIpc) is 2.94. The second-order valence-corrected chi connectivity index (χ2v) is 4.81. The molecule has 0 saturated heterocycles. The molecule has 2 heterocycles. The number of benzene rings is 1. The van der Waals surface area contributed by atoms with Gasteiger partial charge in [-0.15, -0.1) is 0 Å². The Kier molecular flexibility index (Phi) is 3.39. The summed E-state index contributed by atoms with van der Waals surface area (Å²) >= 11 is 0. The SMILES string of the molecule is CCCc1nccn1-c1ccc2c(C(=O)O)cccc2n1. The Morgan fingerprint density at radius 2 is 2.14 bits per heavy atom. The fraction of sp³-hybridized carbons (Fsp3) is 0.188. The van der Waals surface area contributed by atoms with Crippen LogP contribution in [-0.2, 0) is 6.42 Å². The van der Waals surface area contributed by atoms with Gasteiger partial charge in [0, 0.05) is 24.2 Å². The molecule has 0 radical (unpaired) electrons. The summed E-state index contributed by atoms with van der Waals surface area (Å²) in [4.78, 5) is 20.1. The van der Waals surface area contributed by atoms with Crippen LogP contribution in [0.4, 0.5) is 0 Å². The molecular weight excluding hydrogens is 266 g/mol. The molecule has 3 aromatic rings. The molecule has 5 nitrogen and oxygen atoms in total. The van der Waals surface area contributed by atoms with Gasteiger partial charge in [-0.05, 0) is 30.7 Å². The topological polar surface area (TPSA) is 68.0 Å². The number of aromatic nitrogens is 3. The predicted octanol–water partition coefficient (Wildman–Crippen LogP) is 3.07. The maximum Gasteiger partial charge on any atom is 0.336 e. The Morgan fingerprint density at radius 1 is 1.29 bits per heavy atom. The summed E-state index contributed by atoms with van der Waals surface area (Å²) in [7, 11) is 0. The highest BCUT2D eigenvalue weighted by Crippen LogP contribution is 2.20. The van der Waals surface area contributed by atoms with Crippen molar-refractivity contribution in [3.8, 4) is 5.82 Å². The van der Waals surface area contributed by atoms with Gasteiger partial charge in [-0.25, -0.2) is 14.8 Å². The van der Waals surface area contributed by atoms with Crippen molar-refractivity contribution in [2.45, 2.75) is 19.8 Å².